The van der Waals surface area contributed by atoms with Gasteiger partial charge in [0.05, 0.1) is 11.0 Å². The van der Waals surface area contributed by atoms with Gasteiger partial charge in [-0.15, -0.1) is 0 Å². The summed E-state index contributed by atoms with van der Waals surface area (Å²) in [6.07, 6.45) is 5.22. The molecule has 8 heteroatoms. The third-order valence-corrected chi connectivity index (χ3v) is 8.25. The molecule has 1 N–H and O–H groups in total. The highest BCUT2D eigenvalue weighted by Crippen LogP contribution is 2.24. The van der Waals surface area contributed by atoms with Crippen molar-refractivity contribution in [1.82, 2.24) is 4.31 Å². The predicted octanol–water partition coefficient (Wildman–Crippen LogP) is 3.73. The summed E-state index contributed by atoms with van der Waals surface area (Å²) >= 11 is 0. The Hall–Kier alpha value is -2.42. The molecule has 0 unspecified atom stereocenters. The molecule has 4 rings (SSSR count). The molecular formula is C24H31N3O4S. The molecule has 2 saturated heterocycles. The number of methoxy groups -OCH3 is 1. The molecule has 2 aliphatic heterocycles. The molecule has 0 aliphatic carbocycles. The fourth-order valence-corrected chi connectivity index (χ4v) is 5.86. The maximum atomic E-state index is 12.8. The highest BCUT2D eigenvalue weighted by Gasteiger charge is 2.26. The molecule has 2 aromatic rings. The van der Waals surface area contributed by atoms with E-state index in [0.717, 1.165) is 50.9 Å². The molecule has 32 heavy (non-hydrogen) atoms. The van der Waals surface area contributed by atoms with E-state index in [4.69, 9.17) is 4.74 Å². The van der Waals surface area contributed by atoms with E-state index in [0.29, 0.717) is 30.4 Å². The first-order valence-electron chi connectivity index (χ1n) is 11.3. The Kier molecular flexibility index (Phi) is 7.13. The number of hydrogen-bond donors (Lipinski definition) is 1. The van der Waals surface area contributed by atoms with Crippen molar-refractivity contribution in [2.45, 2.75) is 43.1 Å². The van der Waals surface area contributed by atoms with Gasteiger partial charge >= 0.3 is 0 Å². The van der Waals surface area contributed by atoms with Gasteiger partial charge in [-0.2, -0.15) is 4.31 Å². The van der Waals surface area contributed by atoms with Crippen LogP contribution >= 0.6 is 0 Å². The molecule has 1 amide bonds. The summed E-state index contributed by atoms with van der Waals surface area (Å²) in [4.78, 5) is 15.2. The Morgan fingerprint density at radius 1 is 0.906 bits per heavy atom. The maximum absolute atomic E-state index is 12.8. The molecular weight excluding hydrogens is 426 g/mol. The first-order chi connectivity index (χ1) is 15.5. The number of amides is 1. The van der Waals surface area contributed by atoms with Crippen LogP contribution in [0.2, 0.25) is 0 Å². The summed E-state index contributed by atoms with van der Waals surface area (Å²) in [6, 6.07) is 14.0. The van der Waals surface area contributed by atoms with Gasteiger partial charge < -0.3 is 15.0 Å². The second-order valence-electron chi connectivity index (χ2n) is 8.41. The summed E-state index contributed by atoms with van der Waals surface area (Å²) in [5.41, 5.74) is 2.26. The molecule has 7 nitrogen and oxygen atoms in total. The first-order valence-corrected chi connectivity index (χ1v) is 12.7. The van der Waals surface area contributed by atoms with Gasteiger partial charge in [-0.25, -0.2) is 8.42 Å². The fourth-order valence-electron chi connectivity index (χ4n) is 4.34. The van der Waals surface area contributed by atoms with E-state index in [-0.39, 0.29) is 10.8 Å². The van der Waals surface area contributed by atoms with Crippen LogP contribution in [0.15, 0.2) is 53.4 Å². The monoisotopic (exact) mass is 457 g/mol. The first kappa shape index (κ1) is 22.8. The quantitative estimate of drug-likeness (QED) is 0.715. The van der Waals surface area contributed by atoms with Gasteiger partial charge in [-0.3, -0.25) is 4.79 Å². The van der Waals surface area contributed by atoms with Crippen LogP contribution in [-0.2, 0) is 14.8 Å². The summed E-state index contributed by atoms with van der Waals surface area (Å²) < 4.78 is 32.5. The van der Waals surface area contributed by atoms with Crippen LogP contribution in [0.4, 0.5) is 11.4 Å². The van der Waals surface area contributed by atoms with Gasteiger partial charge in [0.25, 0.3) is 5.91 Å². The van der Waals surface area contributed by atoms with Crippen molar-refractivity contribution in [1.29, 1.82) is 0 Å². The predicted molar refractivity (Wildman–Crippen MR) is 126 cm³/mol. The average Bonchev–Trinajstić information content (AvgIpc) is 2.85. The van der Waals surface area contributed by atoms with Crippen LogP contribution < -0.4 is 10.2 Å². The number of sulfonamides is 1. The minimum atomic E-state index is -3.50. The van der Waals surface area contributed by atoms with Crippen LogP contribution in [0.1, 0.15) is 42.5 Å². The molecule has 0 radical (unpaired) electrons. The van der Waals surface area contributed by atoms with Crippen LogP contribution in [0, 0.1) is 0 Å². The van der Waals surface area contributed by atoms with Crippen LogP contribution in [-0.4, -0.2) is 58.0 Å². The van der Waals surface area contributed by atoms with E-state index >= 15 is 0 Å². The van der Waals surface area contributed by atoms with Crippen molar-refractivity contribution in [3.05, 3.63) is 54.1 Å². The van der Waals surface area contributed by atoms with Gasteiger partial charge in [0, 0.05) is 50.2 Å². The molecule has 2 aromatic carbocycles. The Morgan fingerprint density at radius 3 is 2.12 bits per heavy atom. The SMILES string of the molecule is COC1CCN(c2ccc(NC(=O)c3ccc(S(=O)(=O)N4CCCCC4)cc3)cc2)CC1. The molecule has 2 aliphatic rings. The van der Waals surface area contributed by atoms with Crippen molar-refractivity contribution in [2.24, 2.45) is 0 Å². The van der Waals surface area contributed by atoms with Crippen molar-refractivity contribution >= 4 is 27.3 Å². The molecule has 0 aromatic heterocycles. The zero-order valence-corrected chi connectivity index (χ0v) is 19.3. The minimum absolute atomic E-state index is 0.234. The fraction of sp³-hybridized carbons (Fsp3) is 0.458. The van der Waals surface area contributed by atoms with Crippen LogP contribution in [0.5, 0.6) is 0 Å². The van der Waals surface area contributed by atoms with Crippen molar-refractivity contribution in [3.63, 3.8) is 0 Å². The number of anilines is 2. The van der Waals surface area contributed by atoms with Crippen molar-refractivity contribution in [2.75, 3.05) is 43.5 Å². The Balaban J connectivity index is 1.36. The third-order valence-electron chi connectivity index (χ3n) is 6.33. The zero-order valence-electron chi connectivity index (χ0n) is 18.5. The summed E-state index contributed by atoms with van der Waals surface area (Å²) in [5.74, 6) is -0.263. The smallest absolute Gasteiger partial charge is 0.255 e. The molecule has 0 spiro atoms. The van der Waals surface area contributed by atoms with Gasteiger partial charge in [0.15, 0.2) is 0 Å². The summed E-state index contributed by atoms with van der Waals surface area (Å²) in [5, 5.41) is 2.89. The lowest BCUT2D eigenvalue weighted by molar-refractivity contribution is 0.0819. The number of carbonyl (C=O) groups excluding carboxylic acids is 1. The van der Waals surface area contributed by atoms with Crippen molar-refractivity contribution in [3.8, 4) is 0 Å². The van der Waals surface area contributed by atoms with E-state index in [1.165, 1.54) is 16.4 Å². The van der Waals surface area contributed by atoms with Crippen molar-refractivity contribution < 1.29 is 17.9 Å². The summed E-state index contributed by atoms with van der Waals surface area (Å²) in [6.45, 7) is 3.03. The van der Waals surface area contributed by atoms with E-state index in [2.05, 4.69) is 10.2 Å². The lowest BCUT2D eigenvalue weighted by atomic mass is 10.1. The maximum Gasteiger partial charge on any atom is 0.255 e. The molecule has 2 fully saturated rings. The highest BCUT2D eigenvalue weighted by atomic mass is 32.2. The lowest BCUT2D eigenvalue weighted by Crippen LogP contribution is -2.36. The van der Waals surface area contributed by atoms with Crippen LogP contribution in [0.25, 0.3) is 0 Å². The number of rotatable bonds is 6. The molecule has 0 saturated carbocycles. The van der Waals surface area contributed by atoms with Crippen LogP contribution in [0.3, 0.4) is 0 Å². The zero-order chi connectivity index (χ0) is 22.6. The minimum Gasteiger partial charge on any atom is -0.381 e. The number of piperidine rings is 2. The number of ether oxygens (including phenoxy) is 1. The standard InChI is InChI=1S/C24H31N3O4S/c1-31-22-13-17-26(18-14-22)21-9-7-20(8-10-21)25-24(28)19-5-11-23(12-6-19)32(29,30)27-15-3-2-4-16-27/h5-12,22H,2-4,13-18H2,1H3,(H,25,28). The van der Waals surface area contributed by atoms with Gasteiger partial charge in [-0.1, -0.05) is 6.42 Å². The van der Waals surface area contributed by atoms with E-state index < -0.39 is 10.0 Å². The van der Waals surface area contributed by atoms with Gasteiger partial charge in [-0.05, 0) is 74.2 Å². The Labute approximate surface area is 190 Å². The normalized spacial score (nSPS) is 18.5. The third kappa shape index (κ3) is 5.14. The molecule has 0 bridgehead atoms. The topological polar surface area (TPSA) is 79.0 Å². The van der Waals surface area contributed by atoms with Gasteiger partial charge in [0.1, 0.15) is 0 Å². The average molecular weight is 458 g/mol. The molecule has 172 valence electrons. The number of nitrogens with zero attached hydrogens (tertiary/aromatic N) is 2. The Morgan fingerprint density at radius 2 is 1.53 bits per heavy atom. The summed E-state index contributed by atoms with van der Waals surface area (Å²) in [7, 11) is -1.73. The second-order valence-corrected chi connectivity index (χ2v) is 10.4. The number of nitrogens with one attached hydrogen (secondary N) is 1. The number of carbonyl (C=O) groups is 1. The lowest BCUT2D eigenvalue weighted by Gasteiger charge is -2.33. The highest BCUT2D eigenvalue weighted by molar-refractivity contribution is 7.89. The van der Waals surface area contributed by atoms with E-state index in [1.807, 2.05) is 24.3 Å². The Bertz CT molecular complexity index is 1010. The number of hydrogen-bond acceptors (Lipinski definition) is 5. The molecule has 2 heterocycles. The largest absolute Gasteiger partial charge is 0.381 e. The van der Waals surface area contributed by atoms with E-state index in [9.17, 15) is 13.2 Å². The van der Waals surface area contributed by atoms with E-state index in [1.54, 1.807) is 19.2 Å². The van der Waals surface area contributed by atoms with Gasteiger partial charge in [0.2, 0.25) is 10.0 Å². The molecule has 0 atom stereocenters. The second kappa shape index (κ2) is 10.0. The number of benzene rings is 2.